The molecular weight excluding hydrogens is 490 g/mol. The van der Waals surface area contributed by atoms with Crippen LogP contribution in [0.3, 0.4) is 0 Å². The van der Waals surface area contributed by atoms with Crippen molar-refractivity contribution in [2.24, 2.45) is 0 Å². The highest BCUT2D eigenvalue weighted by atomic mass is 16.6. The molecule has 2 amide bonds. The van der Waals surface area contributed by atoms with Crippen molar-refractivity contribution in [2.75, 3.05) is 17.3 Å². The van der Waals surface area contributed by atoms with Crippen molar-refractivity contribution in [3.05, 3.63) is 42.0 Å². The number of anilines is 3. The lowest BCUT2D eigenvalue weighted by Gasteiger charge is -2.27. The first-order valence-electron chi connectivity index (χ1n) is 11.9. The molecular formula is C26H33N7O5. The molecule has 0 saturated heterocycles. The van der Waals surface area contributed by atoms with Crippen molar-refractivity contribution >= 4 is 29.6 Å². The highest BCUT2D eigenvalue weighted by molar-refractivity contribution is 6.08. The molecule has 1 N–H and O–H groups in total. The smallest absolute Gasteiger partial charge is 0.427 e. The van der Waals surface area contributed by atoms with Crippen molar-refractivity contribution in [1.29, 1.82) is 0 Å². The SMILES string of the molecule is COc1ccc(Nc2ncc(C)cc2-c2nc(C)nc(N(C(=O)OC(C)(C)C)C(=O)OC(C)(C)C)n2)cn1. The molecule has 3 aromatic rings. The Hall–Kier alpha value is -4.35. The van der Waals surface area contributed by atoms with Crippen LogP contribution in [0.5, 0.6) is 5.88 Å². The van der Waals surface area contributed by atoms with Gasteiger partial charge in [0.25, 0.3) is 0 Å². The van der Waals surface area contributed by atoms with Gasteiger partial charge in [0.2, 0.25) is 11.8 Å². The molecule has 38 heavy (non-hydrogen) atoms. The van der Waals surface area contributed by atoms with E-state index in [2.05, 4.69) is 30.2 Å². The van der Waals surface area contributed by atoms with Crippen LogP contribution in [-0.4, -0.2) is 55.4 Å². The summed E-state index contributed by atoms with van der Waals surface area (Å²) in [5, 5.41) is 3.20. The van der Waals surface area contributed by atoms with Gasteiger partial charge in [0.05, 0.1) is 24.6 Å². The van der Waals surface area contributed by atoms with E-state index in [1.165, 1.54) is 7.11 Å². The van der Waals surface area contributed by atoms with Gasteiger partial charge < -0.3 is 19.5 Å². The summed E-state index contributed by atoms with van der Waals surface area (Å²) in [6.07, 6.45) is 1.33. The van der Waals surface area contributed by atoms with E-state index in [9.17, 15) is 9.59 Å². The van der Waals surface area contributed by atoms with Gasteiger partial charge in [-0.2, -0.15) is 9.97 Å². The molecule has 12 nitrogen and oxygen atoms in total. The summed E-state index contributed by atoms with van der Waals surface area (Å²) in [5.41, 5.74) is 0.242. The van der Waals surface area contributed by atoms with E-state index >= 15 is 0 Å². The second-order valence-corrected chi connectivity index (χ2v) is 10.4. The third kappa shape index (κ3) is 7.58. The average Bonchev–Trinajstić information content (AvgIpc) is 2.78. The Kier molecular flexibility index (Phi) is 8.13. The molecule has 0 atom stereocenters. The average molecular weight is 524 g/mol. The van der Waals surface area contributed by atoms with E-state index in [-0.39, 0.29) is 17.6 Å². The molecule has 0 saturated carbocycles. The maximum Gasteiger partial charge on any atom is 0.427 e. The van der Waals surface area contributed by atoms with E-state index in [0.717, 1.165) is 5.56 Å². The number of pyridine rings is 2. The number of aromatic nitrogens is 5. The zero-order chi connectivity index (χ0) is 28.3. The second-order valence-electron chi connectivity index (χ2n) is 10.4. The number of methoxy groups -OCH3 is 1. The van der Waals surface area contributed by atoms with Crippen molar-refractivity contribution < 1.29 is 23.8 Å². The van der Waals surface area contributed by atoms with E-state index < -0.39 is 23.4 Å². The molecule has 0 aromatic carbocycles. The summed E-state index contributed by atoms with van der Waals surface area (Å²) in [6, 6.07) is 5.32. The molecule has 3 heterocycles. The summed E-state index contributed by atoms with van der Waals surface area (Å²) >= 11 is 0. The largest absolute Gasteiger partial charge is 0.481 e. The zero-order valence-corrected chi connectivity index (χ0v) is 23.1. The lowest BCUT2D eigenvalue weighted by molar-refractivity contribution is 0.0427. The van der Waals surface area contributed by atoms with Crippen LogP contribution in [-0.2, 0) is 9.47 Å². The van der Waals surface area contributed by atoms with Crippen LogP contribution in [0.1, 0.15) is 52.9 Å². The normalized spacial score (nSPS) is 11.5. The number of imide groups is 1. The van der Waals surface area contributed by atoms with E-state index in [0.29, 0.717) is 27.8 Å². The number of carbonyl (C=O) groups excluding carboxylic acids is 2. The first kappa shape index (κ1) is 28.2. The number of hydrogen-bond acceptors (Lipinski definition) is 11. The predicted molar refractivity (Wildman–Crippen MR) is 142 cm³/mol. The van der Waals surface area contributed by atoms with E-state index in [1.54, 1.807) is 73.0 Å². The summed E-state index contributed by atoms with van der Waals surface area (Å²) in [7, 11) is 1.54. The number of carbonyl (C=O) groups is 2. The van der Waals surface area contributed by atoms with Gasteiger partial charge in [-0.3, -0.25) is 0 Å². The quantitative estimate of drug-likeness (QED) is 0.461. The number of aryl methyl sites for hydroxylation is 2. The standard InChI is InChI=1S/C26H33N7O5/c1-15-12-18(20(28-13-15)31-17-10-11-19(36-9)27-14-17)21-29-16(2)30-22(32-21)33(23(34)37-25(3,4)5)24(35)38-26(6,7)8/h10-14H,1-9H3,(H,28,31). The number of rotatable bonds is 5. The Balaban J connectivity index is 2.09. The molecule has 3 rings (SSSR count). The topological polar surface area (TPSA) is 142 Å². The van der Waals surface area contributed by atoms with E-state index in [4.69, 9.17) is 14.2 Å². The second kappa shape index (κ2) is 11.0. The minimum absolute atomic E-state index is 0.185. The van der Waals surface area contributed by atoms with Gasteiger partial charge in [-0.1, -0.05) is 0 Å². The first-order valence-corrected chi connectivity index (χ1v) is 11.9. The molecule has 0 spiro atoms. The summed E-state index contributed by atoms with van der Waals surface area (Å²) in [6.45, 7) is 13.6. The molecule has 0 aliphatic heterocycles. The van der Waals surface area contributed by atoms with Gasteiger partial charge in [0.15, 0.2) is 5.82 Å². The molecule has 0 radical (unpaired) electrons. The molecule has 12 heteroatoms. The van der Waals surface area contributed by atoms with Crippen molar-refractivity contribution in [3.8, 4) is 17.3 Å². The molecule has 0 aliphatic carbocycles. The number of amides is 2. The monoisotopic (exact) mass is 523 g/mol. The minimum Gasteiger partial charge on any atom is -0.481 e. The summed E-state index contributed by atoms with van der Waals surface area (Å²) < 4.78 is 16.0. The fourth-order valence-corrected chi connectivity index (χ4v) is 3.09. The van der Waals surface area contributed by atoms with Gasteiger partial charge in [0, 0.05) is 12.3 Å². The minimum atomic E-state index is -0.978. The van der Waals surface area contributed by atoms with Gasteiger partial charge in [-0.25, -0.2) is 24.5 Å². The molecule has 3 aromatic heterocycles. The van der Waals surface area contributed by atoms with Gasteiger partial charge in [-0.05, 0) is 73.1 Å². The first-order chi connectivity index (χ1) is 17.6. The molecule has 0 unspecified atom stereocenters. The molecule has 0 fully saturated rings. The van der Waals surface area contributed by atoms with Crippen LogP contribution in [0.4, 0.5) is 27.0 Å². The predicted octanol–water partition coefficient (Wildman–Crippen LogP) is 5.37. The summed E-state index contributed by atoms with van der Waals surface area (Å²) in [4.78, 5) is 48.8. The van der Waals surface area contributed by atoms with Crippen LogP contribution in [0.2, 0.25) is 0 Å². The third-order valence-corrected chi connectivity index (χ3v) is 4.56. The van der Waals surface area contributed by atoms with Gasteiger partial charge in [-0.15, -0.1) is 4.90 Å². The Labute approximate surface area is 221 Å². The van der Waals surface area contributed by atoms with Gasteiger partial charge >= 0.3 is 12.2 Å². The Morgan fingerprint density at radius 2 is 1.50 bits per heavy atom. The number of ether oxygens (including phenoxy) is 3. The molecule has 202 valence electrons. The third-order valence-electron chi connectivity index (χ3n) is 4.56. The number of hydrogen-bond donors (Lipinski definition) is 1. The lowest BCUT2D eigenvalue weighted by atomic mass is 10.2. The maximum absolute atomic E-state index is 13.1. The fourth-order valence-electron chi connectivity index (χ4n) is 3.09. The zero-order valence-electron chi connectivity index (χ0n) is 23.1. The van der Waals surface area contributed by atoms with Crippen LogP contribution in [0.15, 0.2) is 30.6 Å². The van der Waals surface area contributed by atoms with Crippen LogP contribution in [0.25, 0.3) is 11.4 Å². The summed E-state index contributed by atoms with van der Waals surface area (Å²) in [5.74, 6) is 1.11. The number of nitrogens with zero attached hydrogens (tertiary/aromatic N) is 6. The molecule has 0 bridgehead atoms. The lowest BCUT2D eigenvalue weighted by Crippen LogP contribution is -2.44. The van der Waals surface area contributed by atoms with E-state index in [1.807, 2.05) is 13.0 Å². The van der Waals surface area contributed by atoms with Crippen LogP contribution < -0.4 is 15.0 Å². The number of nitrogens with one attached hydrogen (secondary N) is 1. The van der Waals surface area contributed by atoms with Crippen LogP contribution >= 0.6 is 0 Å². The maximum atomic E-state index is 13.1. The highest BCUT2D eigenvalue weighted by Gasteiger charge is 2.35. The van der Waals surface area contributed by atoms with Crippen LogP contribution in [0, 0.1) is 13.8 Å². The van der Waals surface area contributed by atoms with Gasteiger partial charge in [0.1, 0.15) is 22.8 Å². The Morgan fingerprint density at radius 3 is 2.03 bits per heavy atom. The fraction of sp³-hybridized carbons (Fsp3) is 0.423. The van der Waals surface area contributed by atoms with Crippen molar-refractivity contribution in [2.45, 2.75) is 66.6 Å². The Bertz CT molecular complexity index is 1290. The Morgan fingerprint density at radius 1 is 0.868 bits per heavy atom. The highest BCUT2D eigenvalue weighted by Crippen LogP contribution is 2.29. The molecule has 0 aliphatic rings. The van der Waals surface area contributed by atoms with Crippen molar-refractivity contribution in [3.63, 3.8) is 0 Å². The van der Waals surface area contributed by atoms with Crippen molar-refractivity contribution in [1.82, 2.24) is 24.9 Å².